The number of halogens is 1. The van der Waals surface area contributed by atoms with Crippen LogP contribution in [0, 0.1) is 11.8 Å². The van der Waals surface area contributed by atoms with E-state index in [4.69, 9.17) is 4.74 Å². The van der Waals surface area contributed by atoms with Gasteiger partial charge in [-0.25, -0.2) is 0 Å². The minimum Gasteiger partial charge on any atom is -0.381 e. The summed E-state index contributed by atoms with van der Waals surface area (Å²) in [4.78, 5) is 0. The molecular weight excluding hydrogens is 196 g/mol. The van der Waals surface area contributed by atoms with E-state index in [1.54, 1.807) is 0 Å². The molecule has 0 fully saturated rings. The molecule has 0 spiro atoms. The van der Waals surface area contributed by atoms with E-state index in [9.17, 15) is 0 Å². The van der Waals surface area contributed by atoms with E-state index in [-0.39, 0.29) is 12.4 Å². The first-order valence-corrected chi connectivity index (χ1v) is 5.86. The molecule has 0 unspecified atom stereocenters. The second-order valence-corrected chi connectivity index (χ2v) is 3.90. The zero-order valence-corrected chi connectivity index (χ0v) is 11.0. The highest BCUT2D eigenvalue weighted by atomic mass is 35.5. The van der Waals surface area contributed by atoms with Gasteiger partial charge in [0.2, 0.25) is 0 Å². The SMILES string of the molecule is CCC(CC)COCC(CC)CC.Cl. The Morgan fingerprint density at radius 1 is 0.714 bits per heavy atom. The molecule has 0 aromatic rings. The number of ether oxygens (including phenoxy) is 1. The van der Waals surface area contributed by atoms with Crippen LogP contribution in [-0.4, -0.2) is 13.2 Å². The zero-order chi connectivity index (χ0) is 10.1. The molecule has 0 aliphatic heterocycles. The van der Waals surface area contributed by atoms with Gasteiger partial charge in [-0.1, -0.05) is 53.4 Å². The van der Waals surface area contributed by atoms with E-state index in [1.807, 2.05) is 0 Å². The van der Waals surface area contributed by atoms with Crippen LogP contribution in [0.1, 0.15) is 53.4 Å². The molecule has 88 valence electrons. The first kappa shape index (κ1) is 16.7. The van der Waals surface area contributed by atoms with Gasteiger partial charge in [-0.3, -0.25) is 0 Å². The van der Waals surface area contributed by atoms with Crippen molar-refractivity contribution in [2.75, 3.05) is 13.2 Å². The average molecular weight is 223 g/mol. The zero-order valence-electron chi connectivity index (χ0n) is 10.2. The summed E-state index contributed by atoms with van der Waals surface area (Å²) in [5.41, 5.74) is 0. The highest BCUT2D eigenvalue weighted by molar-refractivity contribution is 5.85. The topological polar surface area (TPSA) is 9.23 Å². The van der Waals surface area contributed by atoms with Gasteiger partial charge in [-0.05, 0) is 11.8 Å². The summed E-state index contributed by atoms with van der Waals surface area (Å²) in [7, 11) is 0. The van der Waals surface area contributed by atoms with Gasteiger partial charge in [-0.2, -0.15) is 0 Å². The molecule has 0 atom stereocenters. The van der Waals surface area contributed by atoms with Gasteiger partial charge in [-0.15, -0.1) is 12.4 Å². The predicted molar refractivity (Wildman–Crippen MR) is 66.2 cm³/mol. The van der Waals surface area contributed by atoms with Gasteiger partial charge in [0.25, 0.3) is 0 Å². The van der Waals surface area contributed by atoms with Gasteiger partial charge in [0.15, 0.2) is 0 Å². The average Bonchev–Trinajstić information content (AvgIpc) is 2.19. The van der Waals surface area contributed by atoms with Gasteiger partial charge < -0.3 is 4.74 Å². The Hall–Kier alpha value is 0.250. The van der Waals surface area contributed by atoms with Crippen molar-refractivity contribution in [1.29, 1.82) is 0 Å². The Morgan fingerprint density at radius 2 is 1.00 bits per heavy atom. The van der Waals surface area contributed by atoms with E-state index < -0.39 is 0 Å². The van der Waals surface area contributed by atoms with Crippen LogP contribution in [0.2, 0.25) is 0 Å². The molecule has 0 radical (unpaired) electrons. The third-order valence-electron chi connectivity index (χ3n) is 3.02. The lowest BCUT2D eigenvalue weighted by molar-refractivity contribution is 0.0667. The number of hydrogen-bond donors (Lipinski definition) is 0. The highest BCUT2D eigenvalue weighted by Gasteiger charge is 2.06. The molecule has 0 N–H and O–H groups in total. The highest BCUT2D eigenvalue weighted by Crippen LogP contribution is 2.11. The molecule has 2 heteroatoms. The lowest BCUT2D eigenvalue weighted by Crippen LogP contribution is -2.13. The first-order valence-electron chi connectivity index (χ1n) is 5.86. The molecule has 0 aromatic carbocycles. The van der Waals surface area contributed by atoms with Crippen LogP contribution in [0.5, 0.6) is 0 Å². The molecule has 0 saturated carbocycles. The lowest BCUT2D eigenvalue weighted by atomic mass is 10.0. The first-order chi connectivity index (χ1) is 6.28. The molecule has 14 heavy (non-hydrogen) atoms. The molecule has 0 aromatic heterocycles. The molecule has 0 amide bonds. The molecular formula is C12H27ClO. The van der Waals surface area contributed by atoms with Crippen LogP contribution in [0.25, 0.3) is 0 Å². The van der Waals surface area contributed by atoms with Crippen molar-refractivity contribution in [2.24, 2.45) is 11.8 Å². The standard InChI is InChI=1S/C12H26O.ClH/c1-5-11(6-2)9-13-10-12(7-3)8-4;/h11-12H,5-10H2,1-4H3;1H. The van der Waals surface area contributed by atoms with E-state index >= 15 is 0 Å². The van der Waals surface area contributed by atoms with Crippen LogP contribution in [-0.2, 0) is 4.74 Å². The Kier molecular flexibility index (Phi) is 13.5. The number of hydrogen-bond acceptors (Lipinski definition) is 1. The minimum atomic E-state index is 0. The molecule has 0 rings (SSSR count). The normalized spacial score (nSPS) is 10.7. The smallest absolute Gasteiger partial charge is 0.0494 e. The molecule has 0 aliphatic carbocycles. The van der Waals surface area contributed by atoms with E-state index in [1.165, 1.54) is 25.7 Å². The fourth-order valence-corrected chi connectivity index (χ4v) is 1.45. The maximum atomic E-state index is 5.72. The third kappa shape index (κ3) is 7.64. The molecule has 0 bridgehead atoms. The Bertz CT molecular complexity index is 86.5. The largest absolute Gasteiger partial charge is 0.381 e. The van der Waals surface area contributed by atoms with Crippen LogP contribution in [0.3, 0.4) is 0 Å². The van der Waals surface area contributed by atoms with Crippen molar-refractivity contribution in [3.63, 3.8) is 0 Å². The monoisotopic (exact) mass is 222 g/mol. The van der Waals surface area contributed by atoms with Gasteiger partial charge >= 0.3 is 0 Å². The second kappa shape index (κ2) is 11.3. The fourth-order valence-electron chi connectivity index (χ4n) is 1.45. The summed E-state index contributed by atoms with van der Waals surface area (Å²) in [6.07, 6.45) is 5.00. The van der Waals surface area contributed by atoms with Gasteiger partial charge in [0, 0.05) is 13.2 Å². The van der Waals surface area contributed by atoms with Crippen molar-refractivity contribution in [3.05, 3.63) is 0 Å². The van der Waals surface area contributed by atoms with Crippen LogP contribution in [0.15, 0.2) is 0 Å². The molecule has 0 heterocycles. The minimum absolute atomic E-state index is 0. The lowest BCUT2D eigenvalue weighted by Gasteiger charge is -2.16. The summed E-state index contributed by atoms with van der Waals surface area (Å²) in [6.45, 7) is 10.9. The summed E-state index contributed by atoms with van der Waals surface area (Å²) in [5.74, 6) is 1.55. The van der Waals surface area contributed by atoms with E-state index in [0.29, 0.717) is 0 Å². The van der Waals surface area contributed by atoms with Crippen LogP contribution < -0.4 is 0 Å². The summed E-state index contributed by atoms with van der Waals surface area (Å²) < 4.78 is 5.72. The quantitative estimate of drug-likeness (QED) is 0.595. The fraction of sp³-hybridized carbons (Fsp3) is 1.00. The maximum absolute atomic E-state index is 5.72. The van der Waals surface area contributed by atoms with Gasteiger partial charge in [0.1, 0.15) is 0 Å². The maximum Gasteiger partial charge on any atom is 0.0494 e. The van der Waals surface area contributed by atoms with Gasteiger partial charge in [0.05, 0.1) is 0 Å². The molecule has 1 nitrogen and oxygen atoms in total. The van der Waals surface area contributed by atoms with Crippen molar-refractivity contribution < 1.29 is 4.74 Å². The Labute approximate surface area is 96.0 Å². The van der Waals surface area contributed by atoms with Crippen LogP contribution in [0.4, 0.5) is 0 Å². The predicted octanol–water partition coefficient (Wildman–Crippen LogP) is 4.30. The second-order valence-electron chi connectivity index (χ2n) is 3.90. The summed E-state index contributed by atoms with van der Waals surface area (Å²) in [5, 5.41) is 0. The molecule has 0 aliphatic rings. The van der Waals surface area contributed by atoms with Crippen molar-refractivity contribution >= 4 is 12.4 Å². The Balaban J connectivity index is 0. The molecule has 0 saturated heterocycles. The van der Waals surface area contributed by atoms with Crippen LogP contribution >= 0.6 is 12.4 Å². The van der Waals surface area contributed by atoms with Crippen molar-refractivity contribution in [2.45, 2.75) is 53.4 Å². The number of rotatable bonds is 8. The van der Waals surface area contributed by atoms with E-state index in [0.717, 1.165) is 25.0 Å². The summed E-state index contributed by atoms with van der Waals surface area (Å²) >= 11 is 0. The Morgan fingerprint density at radius 3 is 1.21 bits per heavy atom. The van der Waals surface area contributed by atoms with Crippen molar-refractivity contribution in [3.8, 4) is 0 Å². The van der Waals surface area contributed by atoms with E-state index in [2.05, 4.69) is 27.7 Å². The third-order valence-corrected chi connectivity index (χ3v) is 3.02. The summed E-state index contributed by atoms with van der Waals surface area (Å²) in [6, 6.07) is 0. The van der Waals surface area contributed by atoms with Crippen molar-refractivity contribution in [1.82, 2.24) is 0 Å².